The molecule has 2 aliphatic rings. The van der Waals surface area contributed by atoms with Gasteiger partial charge in [-0.1, -0.05) is 0 Å². The molecule has 4 aromatic heterocycles. The number of anilines is 2. The number of rotatable bonds is 7. The summed E-state index contributed by atoms with van der Waals surface area (Å²) in [5.41, 5.74) is 2.63. The van der Waals surface area contributed by atoms with Crippen LogP contribution in [-0.4, -0.2) is 65.3 Å². The maximum atomic E-state index is 14.1. The van der Waals surface area contributed by atoms with Crippen LogP contribution in [0, 0.1) is 0 Å². The number of carbonyl (C=O) groups is 2. The molecule has 2 fully saturated rings. The Morgan fingerprint density at radius 1 is 1.28 bits per heavy atom. The van der Waals surface area contributed by atoms with Crippen LogP contribution in [0.4, 0.5) is 20.8 Å². The molecule has 4 heterocycles. The number of ether oxygens (including phenoxy) is 1. The van der Waals surface area contributed by atoms with Crippen molar-refractivity contribution in [1.29, 1.82) is 0 Å². The van der Waals surface area contributed by atoms with E-state index in [2.05, 4.69) is 30.4 Å². The molecular formula is C28H34FN9O5. The first-order valence-electron chi connectivity index (χ1n) is 15.7. The Balaban J connectivity index is 1.43. The topological polar surface area (TPSA) is 184 Å². The number of amides is 2. The third-order valence-corrected chi connectivity index (χ3v) is 8.20. The Morgan fingerprint density at radius 3 is 2.70 bits per heavy atom. The monoisotopic (exact) mass is 599 g/mol. The van der Waals surface area contributed by atoms with E-state index in [1.807, 2.05) is 0 Å². The molecule has 4 aromatic rings. The maximum Gasteiger partial charge on any atom is 0.407 e. The van der Waals surface area contributed by atoms with Crippen LogP contribution in [-0.2, 0) is 27.6 Å². The number of hydrogen-bond donors (Lipinski definition) is 4. The molecule has 0 saturated heterocycles. The molecule has 0 radical (unpaired) electrons. The molecule has 6 rings (SSSR count). The predicted octanol–water partition coefficient (Wildman–Crippen LogP) is 2.21. The summed E-state index contributed by atoms with van der Waals surface area (Å²) < 4.78 is 54.6. The van der Waals surface area contributed by atoms with Crippen molar-refractivity contribution < 1.29 is 29.3 Å². The number of halogens is 1. The number of carbonyl (C=O) groups excluding carboxylic acids is 2. The summed E-state index contributed by atoms with van der Waals surface area (Å²) in [6, 6.07) is 2.62. The largest absolute Gasteiger partial charge is 0.453 e. The van der Waals surface area contributed by atoms with Gasteiger partial charge in [0.25, 0.3) is 0 Å². The smallest absolute Gasteiger partial charge is 0.407 e. The zero-order chi connectivity index (χ0) is 34.3. The molecule has 43 heavy (non-hydrogen) atoms. The van der Waals surface area contributed by atoms with Crippen molar-refractivity contribution in [3.8, 4) is 0 Å². The molecule has 14 nitrogen and oxygen atoms in total. The lowest BCUT2D eigenvalue weighted by Crippen LogP contribution is -2.57. The second kappa shape index (κ2) is 10.0. The van der Waals surface area contributed by atoms with Crippen LogP contribution in [0.15, 0.2) is 29.2 Å². The fourth-order valence-electron chi connectivity index (χ4n) is 6.00. The molecule has 2 aliphatic carbocycles. The second-order valence-electron chi connectivity index (χ2n) is 11.6. The van der Waals surface area contributed by atoms with Crippen LogP contribution >= 0.6 is 0 Å². The molecular weight excluding hydrogens is 561 g/mol. The Morgan fingerprint density at radius 2 is 2.05 bits per heavy atom. The Kier molecular flexibility index (Phi) is 5.59. The van der Waals surface area contributed by atoms with E-state index in [4.69, 9.17) is 11.2 Å². The third-order valence-electron chi connectivity index (χ3n) is 8.20. The summed E-state index contributed by atoms with van der Waals surface area (Å²) in [4.78, 5) is 47.0. The standard InChI is InChI=1S/C28H34FN9O5/c1-27(2,42)22-17-7-8-20(34-23(17)38(35-22)28(24(30)39)11-14(29)12-28)33-21-10-18-19(13-31-21)36(3)26(41)37(18)16-6-5-15(9-16)32-25(40)43-4/h7-8,10,13-16,42H,5-6,9,11-12H2,1-4H3,(H2,30,39)(H,32,40)(H,31,33,34)/i3D3,15D. The Bertz CT molecular complexity index is 1980. The number of methoxy groups -OCH3 is 1. The van der Waals surface area contributed by atoms with E-state index in [0.29, 0.717) is 16.4 Å². The Hall–Kier alpha value is -4.53. The summed E-state index contributed by atoms with van der Waals surface area (Å²) in [6.07, 6.45) is -0.711. The minimum Gasteiger partial charge on any atom is -0.453 e. The van der Waals surface area contributed by atoms with Gasteiger partial charge in [-0.05, 0) is 45.2 Å². The van der Waals surface area contributed by atoms with E-state index >= 15 is 0 Å². The number of pyridine rings is 2. The highest BCUT2D eigenvalue weighted by molar-refractivity contribution is 5.88. The van der Waals surface area contributed by atoms with Crippen LogP contribution in [0.25, 0.3) is 22.1 Å². The van der Waals surface area contributed by atoms with Crippen molar-refractivity contribution in [2.75, 3.05) is 12.4 Å². The minimum atomic E-state index is -2.84. The van der Waals surface area contributed by atoms with Gasteiger partial charge in [-0.25, -0.2) is 28.6 Å². The molecule has 2 atom stereocenters. The van der Waals surface area contributed by atoms with E-state index in [1.54, 1.807) is 12.1 Å². The second-order valence-corrected chi connectivity index (χ2v) is 11.6. The number of imidazole rings is 1. The fourth-order valence-corrected chi connectivity index (χ4v) is 6.00. The van der Waals surface area contributed by atoms with Crippen LogP contribution in [0.1, 0.15) is 63.2 Å². The lowest BCUT2D eigenvalue weighted by Gasteiger charge is -2.41. The summed E-state index contributed by atoms with van der Waals surface area (Å²) >= 11 is 0. The highest BCUT2D eigenvalue weighted by Crippen LogP contribution is 2.44. The number of hydrogen-bond acceptors (Lipinski definition) is 9. The van der Waals surface area contributed by atoms with Gasteiger partial charge in [-0.15, -0.1) is 0 Å². The van der Waals surface area contributed by atoms with Gasteiger partial charge >= 0.3 is 11.8 Å². The highest BCUT2D eigenvalue weighted by atomic mass is 19.1. The van der Waals surface area contributed by atoms with E-state index in [9.17, 15) is 23.9 Å². The van der Waals surface area contributed by atoms with Crippen molar-refractivity contribution in [2.45, 2.75) is 75.3 Å². The van der Waals surface area contributed by atoms with Gasteiger partial charge in [0.05, 0.1) is 25.7 Å². The van der Waals surface area contributed by atoms with Gasteiger partial charge in [0.1, 0.15) is 34.6 Å². The molecule has 0 spiro atoms. The first-order chi connectivity index (χ1) is 21.9. The number of aliphatic hydroxyl groups is 1. The van der Waals surface area contributed by atoms with Crippen molar-refractivity contribution in [1.82, 2.24) is 34.2 Å². The zero-order valence-electron chi connectivity index (χ0n) is 27.7. The summed E-state index contributed by atoms with van der Waals surface area (Å²) in [5.74, 6) is -0.400. The lowest BCUT2D eigenvalue weighted by atomic mass is 9.74. The van der Waals surface area contributed by atoms with E-state index in [0.717, 1.165) is 0 Å². The number of aromatic nitrogens is 6. The van der Waals surface area contributed by atoms with Crippen LogP contribution in [0.3, 0.4) is 0 Å². The molecule has 0 aromatic carbocycles. The van der Waals surface area contributed by atoms with Crippen molar-refractivity contribution >= 4 is 45.7 Å². The minimum absolute atomic E-state index is 0.0142. The fraction of sp³-hybridized carbons (Fsp3) is 0.500. The summed E-state index contributed by atoms with van der Waals surface area (Å²) in [6.45, 7) is 0.203. The molecule has 2 amide bonds. The van der Waals surface area contributed by atoms with Gasteiger partial charge in [0.2, 0.25) is 5.91 Å². The maximum absolute atomic E-state index is 14.1. The van der Waals surface area contributed by atoms with E-state index in [1.165, 1.54) is 42.5 Å². The molecule has 0 aliphatic heterocycles. The SMILES string of the molecule is [2H]C1(NC(=O)OC)CCC(n2c(=O)n(C([2H])([2H])[2H])c3cnc(Nc4ccc5c(C(C)(C)O)nn(C6(C(N)=O)CC(F)C6)c5n4)cc32)C1. The number of nitrogens with one attached hydrogen (secondary N) is 2. The van der Waals surface area contributed by atoms with Gasteiger partial charge < -0.3 is 26.2 Å². The van der Waals surface area contributed by atoms with Crippen LogP contribution in [0.5, 0.6) is 0 Å². The summed E-state index contributed by atoms with van der Waals surface area (Å²) in [7, 11) is 1.18. The number of alkyl carbamates (subject to hydrolysis) is 1. The number of nitrogens with two attached hydrogens (primary N) is 1. The number of nitrogens with zero attached hydrogens (tertiary/aromatic N) is 6. The normalized spacial score (nSPS) is 27.2. The van der Waals surface area contributed by atoms with Gasteiger partial charge in [-0.2, -0.15) is 5.10 Å². The van der Waals surface area contributed by atoms with Crippen LogP contribution < -0.4 is 22.1 Å². The number of aryl methyl sites for hydroxylation is 1. The van der Waals surface area contributed by atoms with Crippen LogP contribution in [0.2, 0.25) is 0 Å². The predicted molar refractivity (Wildman–Crippen MR) is 155 cm³/mol. The lowest BCUT2D eigenvalue weighted by molar-refractivity contribution is -0.135. The number of alkyl halides is 1. The average Bonchev–Trinajstić information content (AvgIpc) is 3.61. The first-order valence-corrected chi connectivity index (χ1v) is 13.7. The molecule has 228 valence electrons. The molecule has 2 unspecified atom stereocenters. The Labute approximate surface area is 250 Å². The first kappa shape index (κ1) is 24.0. The van der Waals surface area contributed by atoms with Gasteiger partial charge in [0, 0.05) is 47.4 Å². The quantitative estimate of drug-likeness (QED) is 0.247. The number of fused-ring (bicyclic) bond motifs is 2. The molecule has 0 bridgehead atoms. The highest BCUT2D eigenvalue weighted by Gasteiger charge is 2.53. The van der Waals surface area contributed by atoms with E-state index < -0.39 is 54.0 Å². The van der Waals surface area contributed by atoms with E-state index in [-0.39, 0.29) is 59.7 Å². The molecule has 5 N–H and O–H groups in total. The zero-order valence-corrected chi connectivity index (χ0v) is 23.7. The van der Waals surface area contributed by atoms with Gasteiger partial charge in [-0.3, -0.25) is 13.9 Å². The average molecular weight is 600 g/mol. The van der Waals surface area contributed by atoms with Crippen molar-refractivity contribution in [3.05, 3.63) is 40.6 Å². The molecule has 15 heteroatoms. The van der Waals surface area contributed by atoms with Crippen molar-refractivity contribution in [2.24, 2.45) is 12.7 Å². The van der Waals surface area contributed by atoms with Gasteiger partial charge in [0.15, 0.2) is 5.65 Å². The number of primary amides is 1. The molecule has 2 saturated carbocycles. The third kappa shape index (κ3) is 4.67. The van der Waals surface area contributed by atoms with Crippen molar-refractivity contribution in [3.63, 3.8) is 0 Å². The summed E-state index contributed by atoms with van der Waals surface area (Å²) in [5, 5.41) is 21.2.